The summed E-state index contributed by atoms with van der Waals surface area (Å²) in [6.45, 7) is -0.104. The van der Waals surface area contributed by atoms with Gasteiger partial charge in [0, 0.05) is 24.7 Å². The second-order valence-corrected chi connectivity index (χ2v) is 10.5. The van der Waals surface area contributed by atoms with Gasteiger partial charge in [-0.25, -0.2) is 0 Å². The van der Waals surface area contributed by atoms with E-state index in [9.17, 15) is 9.90 Å². The summed E-state index contributed by atoms with van der Waals surface area (Å²) in [5.41, 5.74) is 2.39. The Hall–Kier alpha value is -3.29. The molecule has 2 aromatic carbocycles. The molecule has 2 aromatic rings. The highest BCUT2D eigenvalue weighted by molar-refractivity contribution is 5.79. The van der Waals surface area contributed by atoms with Gasteiger partial charge in [-0.3, -0.25) is 4.79 Å². The lowest BCUT2D eigenvalue weighted by molar-refractivity contribution is -0.254. The molecule has 0 radical (unpaired) electrons. The minimum absolute atomic E-state index is 0.0813. The van der Waals surface area contributed by atoms with E-state index in [0.717, 1.165) is 16.7 Å². The van der Waals surface area contributed by atoms with Gasteiger partial charge in [-0.2, -0.15) is 0 Å². The number of aliphatic hydroxyl groups excluding tert-OH is 2. The van der Waals surface area contributed by atoms with Gasteiger partial charge in [-0.1, -0.05) is 0 Å². The molecular weight excluding hydrogens is 540 g/mol. The zero-order chi connectivity index (χ0) is 28.7. The number of methoxy groups -OCH3 is 3. The number of ether oxygens (including phenoxy) is 9. The van der Waals surface area contributed by atoms with Gasteiger partial charge >= 0.3 is 5.97 Å². The Morgan fingerprint density at radius 3 is 2.29 bits per heavy atom. The smallest absolute Gasteiger partial charge is 0.310 e. The molecule has 7 atom stereocenters. The molecule has 0 spiro atoms. The van der Waals surface area contributed by atoms with Crippen molar-refractivity contribution in [3.63, 3.8) is 0 Å². The van der Waals surface area contributed by atoms with Gasteiger partial charge in [0.15, 0.2) is 29.3 Å². The predicted molar refractivity (Wildman–Crippen MR) is 139 cm³/mol. The maximum Gasteiger partial charge on any atom is 0.310 e. The standard InChI is InChI=1S/C29H34O12/c1-33-22-4-14(5-23(34-2)28(22)35-3)25-17-8-20-21(39-13-38-20)9-18(17)27(19-11-37-29(32)26(19)25)41-24-7-15(31)6-16(40-24)10-36-12-30/h4-5,8-9,15-16,19,24-27,30-31H,6-7,10-13H2,1-3H3. The van der Waals surface area contributed by atoms with Crippen LogP contribution in [0.15, 0.2) is 24.3 Å². The maximum atomic E-state index is 13.4. The van der Waals surface area contributed by atoms with Crippen LogP contribution >= 0.6 is 0 Å². The maximum absolute atomic E-state index is 13.4. The van der Waals surface area contributed by atoms with E-state index in [0.29, 0.717) is 35.2 Å². The van der Waals surface area contributed by atoms with E-state index in [-0.39, 0.29) is 38.3 Å². The van der Waals surface area contributed by atoms with Crippen LogP contribution in [0.5, 0.6) is 28.7 Å². The van der Waals surface area contributed by atoms with Crippen LogP contribution in [0, 0.1) is 11.8 Å². The van der Waals surface area contributed by atoms with Crippen LogP contribution in [0.1, 0.15) is 41.6 Å². The molecule has 6 rings (SSSR count). The Labute approximate surface area is 236 Å². The van der Waals surface area contributed by atoms with Crippen LogP contribution in [0.2, 0.25) is 0 Å². The number of carbonyl (C=O) groups excluding carboxylic acids is 1. The van der Waals surface area contributed by atoms with Gasteiger partial charge in [0.1, 0.15) is 6.79 Å². The second-order valence-electron chi connectivity index (χ2n) is 10.5. The minimum Gasteiger partial charge on any atom is -0.493 e. The Bertz CT molecular complexity index is 1260. The first-order valence-corrected chi connectivity index (χ1v) is 13.5. The highest BCUT2D eigenvalue weighted by Crippen LogP contribution is 2.57. The average molecular weight is 575 g/mol. The van der Waals surface area contributed by atoms with Gasteiger partial charge in [0.25, 0.3) is 0 Å². The predicted octanol–water partition coefficient (Wildman–Crippen LogP) is 2.27. The number of rotatable bonds is 9. The number of cyclic esters (lactones) is 1. The molecule has 7 unspecified atom stereocenters. The van der Waals surface area contributed by atoms with Crippen molar-refractivity contribution < 1.29 is 57.6 Å². The third-order valence-corrected chi connectivity index (χ3v) is 8.20. The fourth-order valence-corrected chi connectivity index (χ4v) is 6.46. The van der Waals surface area contributed by atoms with Crippen molar-refractivity contribution in [2.75, 3.05) is 48.1 Å². The topological polar surface area (TPSA) is 141 Å². The Morgan fingerprint density at radius 2 is 1.63 bits per heavy atom. The minimum atomic E-state index is -0.775. The molecule has 2 fully saturated rings. The molecule has 0 saturated carbocycles. The summed E-state index contributed by atoms with van der Waals surface area (Å²) in [5.74, 6) is 0.754. The van der Waals surface area contributed by atoms with E-state index in [1.54, 1.807) is 14.2 Å². The number of carbonyl (C=O) groups is 1. The molecule has 41 heavy (non-hydrogen) atoms. The fourth-order valence-electron chi connectivity index (χ4n) is 6.46. The molecule has 3 aliphatic heterocycles. The molecule has 2 saturated heterocycles. The number of hydrogen-bond acceptors (Lipinski definition) is 12. The lowest BCUT2D eigenvalue weighted by atomic mass is 9.66. The molecule has 0 bridgehead atoms. The average Bonchev–Trinajstić information content (AvgIpc) is 3.60. The highest BCUT2D eigenvalue weighted by Gasteiger charge is 2.54. The molecule has 12 nitrogen and oxygen atoms in total. The van der Waals surface area contributed by atoms with Crippen molar-refractivity contribution in [1.82, 2.24) is 0 Å². The van der Waals surface area contributed by atoms with E-state index < -0.39 is 43.2 Å². The molecule has 4 aliphatic rings. The van der Waals surface area contributed by atoms with E-state index in [4.69, 9.17) is 47.7 Å². The molecule has 1 aliphatic carbocycles. The van der Waals surface area contributed by atoms with Crippen molar-refractivity contribution in [1.29, 1.82) is 0 Å². The Balaban J connectivity index is 1.44. The van der Waals surface area contributed by atoms with Crippen molar-refractivity contribution in [2.24, 2.45) is 11.8 Å². The summed E-state index contributed by atoms with van der Waals surface area (Å²) in [5, 5.41) is 19.6. The summed E-state index contributed by atoms with van der Waals surface area (Å²) in [6.07, 6.45) is -1.91. The molecule has 0 amide bonds. The normalized spacial score (nSPS) is 29.9. The Kier molecular flexibility index (Phi) is 7.84. The van der Waals surface area contributed by atoms with E-state index in [1.807, 2.05) is 24.3 Å². The quantitative estimate of drug-likeness (QED) is 0.335. The van der Waals surface area contributed by atoms with Crippen molar-refractivity contribution in [3.8, 4) is 28.7 Å². The third kappa shape index (κ3) is 5.04. The van der Waals surface area contributed by atoms with Crippen LogP contribution in [0.4, 0.5) is 0 Å². The first-order valence-electron chi connectivity index (χ1n) is 13.5. The lowest BCUT2D eigenvalue weighted by Gasteiger charge is -2.42. The lowest BCUT2D eigenvalue weighted by Crippen LogP contribution is -2.43. The zero-order valence-electron chi connectivity index (χ0n) is 23.1. The van der Waals surface area contributed by atoms with E-state index in [2.05, 4.69) is 0 Å². The summed E-state index contributed by atoms with van der Waals surface area (Å²) >= 11 is 0. The number of hydrogen-bond donors (Lipinski definition) is 2. The van der Waals surface area contributed by atoms with Gasteiger partial charge in [0.05, 0.1) is 58.8 Å². The first-order chi connectivity index (χ1) is 19.9. The van der Waals surface area contributed by atoms with E-state index >= 15 is 0 Å². The van der Waals surface area contributed by atoms with Crippen LogP contribution in [0.3, 0.4) is 0 Å². The van der Waals surface area contributed by atoms with Gasteiger partial charge in [0.2, 0.25) is 12.5 Å². The molecule has 12 heteroatoms. The summed E-state index contributed by atoms with van der Waals surface area (Å²) in [4.78, 5) is 13.4. The summed E-state index contributed by atoms with van der Waals surface area (Å²) in [6, 6.07) is 7.46. The first kappa shape index (κ1) is 27.9. The number of esters is 1. The third-order valence-electron chi connectivity index (χ3n) is 8.20. The number of benzene rings is 2. The second kappa shape index (κ2) is 11.5. The molecule has 3 heterocycles. The molecule has 2 N–H and O–H groups in total. The van der Waals surface area contributed by atoms with Crippen LogP contribution < -0.4 is 23.7 Å². The van der Waals surface area contributed by atoms with Crippen LogP contribution in [-0.4, -0.2) is 82.8 Å². The summed E-state index contributed by atoms with van der Waals surface area (Å²) in [7, 11) is 4.62. The SMILES string of the molecule is COc1cc(C2c3cc4c(cc3C(OC3CC(O)CC(COCO)O3)C3COC(=O)C23)OCO4)cc(OC)c1OC. The molecule has 222 valence electrons. The molecule has 0 aromatic heterocycles. The van der Waals surface area contributed by atoms with Gasteiger partial charge in [-0.05, 0) is 41.0 Å². The number of fused-ring (bicyclic) bond motifs is 3. The Morgan fingerprint density at radius 1 is 0.927 bits per heavy atom. The monoisotopic (exact) mass is 574 g/mol. The molecular formula is C29H34O12. The zero-order valence-corrected chi connectivity index (χ0v) is 23.1. The number of aliphatic hydroxyl groups is 2. The van der Waals surface area contributed by atoms with Crippen molar-refractivity contribution >= 4 is 5.97 Å². The van der Waals surface area contributed by atoms with Crippen LogP contribution in [-0.2, 0) is 23.7 Å². The van der Waals surface area contributed by atoms with E-state index in [1.165, 1.54) is 7.11 Å². The van der Waals surface area contributed by atoms with Gasteiger partial charge < -0.3 is 52.8 Å². The van der Waals surface area contributed by atoms with Gasteiger partial charge in [-0.15, -0.1) is 0 Å². The fraction of sp³-hybridized carbons (Fsp3) is 0.552. The van der Waals surface area contributed by atoms with Crippen molar-refractivity contribution in [2.45, 2.75) is 43.4 Å². The highest BCUT2D eigenvalue weighted by atomic mass is 16.7. The van der Waals surface area contributed by atoms with Crippen molar-refractivity contribution in [3.05, 3.63) is 41.0 Å². The summed E-state index contributed by atoms with van der Waals surface area (Å²) < 4.78 is 51.6. The largest absolute Gasteiger partial charge is 0.493 e. The van der Waals surface area contributed by atoms with Crippen LogP contribution in [0.25, 0.3) is 0 Å².